The van der Waals surface area contributed by atoms with Gasteiger partial charge in [-0.15, -0.1) is 0 Å². The van der Waals surface area contributed by atoms with Gasteiger partial charge in [-0.25, -0.2) is 13.2 Å². The Hall–Kier alpha value is -1.92. The van der Waals surface area contributed by atoms with E-state index in [9.17, 15) is 18.0 Å². The van der Waals surface area contributed by atoms with E-state index >= 15 is 0 Å². The molecule has 0 spiro atoms. The Morgan fingerprint density at radius 1 is 1.32 bits per heavy atom. The highest BCUT2D eigenvalue weighted by Crippen LogP contribution is 2.41. The number of hydrogen-bond donors (Lipinski definition) is 1. The molecule has 0 aliphatic carbocycles. The van der Waals surface area contributed by atoms with E-state index in [4.69, 9.17) is 4.74 Å². The molecular formula is C22H28F3NO2. The minimum atomic E-state index is -2.88. The summed E-state index contributed by atoms with van der Waals surface area (Å²) in [6.07, 6.45) is 6.53. The van der Waals surface area contributed by atoms with Crippen molar-refractivity contribution in [2.75, 3.05) is 19.7 Å². The van der Waals surface area contributed by atoms with Crippen LogP contribution in [0, 0.1) is 5.82 Å². The van der Waals surface area contributed by atoms with E-state index in [2.05, 4.69) is 5.32 Å². The molecule has 0 unspecified atom stereocenters. The molecule has 0 amide bonds. The van der Waals surface area contributed by atoms with Crippen molar-refractivity contribution < 1.29 is 22.7 Å². The van der Waals surface area contributed by atoms with Crippen molar-refractivity contribution in [2.24, 2.45) is 0 Å². The molecule has 0 bridgehead atoms. The van der Waals surface area contributed by atoms with Crippen molar-refractivity contribution in [1.29, 1.82) is 0 Å². The Morgan fingerprint density at radius 3 is 2.61 bits per heavy atom. The Bertz CT molecular complexity index is 722. The largest absolute Gasteiger partial charge is 0.365 e. The van der Waals surface area contributed by atoms with Crippen LogP contribution in [0.4, 0.5) is 13.2 Å². The molecule has 0 atom stereocenters. The minimum Gasteiger partial charge on any atom is -0.365 e. The lowest BCUT2D eigenvalue weighted by molar-refractivity contribution is -0.216. The third-order valence-corrected chi connectivity index (χ3v) is 5.29. The van der Waals surface area contributed by atoms with Crippen LogP contribution in [0.1, 0.15) is 49.0 Å². The second kappa shape index (κ2) is 10.0. The maximum absolute atomic E-state index is 14.5. The Kier molecular flexibility index (Phi) is 8.01. The molecule has 1 saturated heterocycles. The summed E-state index contributed by atoms with van der Waals surface area (Å²) < 4.78 is 48.7. The van der Waals surface area contributed by atoms with Crippen LogP contribution in [0.3, 0.4) is 0 Å². The van der Waals surface area contributed by atoms with Crippen molar-refractivity contribution >= 4 is 6.29 Å². The van der Waals surface area contributed by atoms with Gasteiger partial charge in [0.05, 0.1) is 6.61 Å². The van der Waals surface area contributed by atoms with E-state index in [1.165, 1.54) is 13.0 Å². The summed E-state index contributed by atoms with van der Waals surface area (Å²) in [7, 11) is 0. The molecule has 6 heteroatoms. The van der Waals surface area contributed by atoms with Crippen molar-refractivity contribution in [3.05, 3.63) is 58.9 Å². The van der Waals surface area contributed by atoms with Crippen molar-refractivity contribution in [2.45, 2.75) is 51.1 Å². The van der Waals surface area contributed by atoms with Gasteiger partial charge in [0.25, 0.3) is 5.92 Å². The zero-order chi connectivity index (χ0) is 20.6. The maximum Gasteiger partial charge on any atom is 0.276 e. The standard InChI is InChI=1S/C22H28F3NO2/c1-3-17(14-19-8-7-18(16-27)15-20(19)23)6-5-13-28-21(22(24,25)4-2)9-11-26-12-10-21/h3,5-8,15-16,26H,4,9-14H2,1-2H3/b6-5-,17-3+. The van der Waals surface area contributed by atoms with Crippen LogP contribution in [0.5, 0.6) is 0 Å². The first-order valence-electron chi connectivity index (χ1n) is 9.65. The summed E-state index contributed by atoms with van der Waals surface area (Å²) >= 11 is 0. The second-order valence-electron chi connectivity index (χ2n) is 7.02. The number of nitrogens with one attached hydrogen (secondary N) is 1. The van der Waals surface area contributed by atoms with Crippen LogP contribution in [0.25, 0.3) is 0 Å². The SMILES string of the molecule is C/C=C(\C=C/COC1(C(F)(F)CC)CCNCC1)Cc1ccc(C=O)cc1F. The number of carbonyl (C=O) groups excluding carboxylic acids is 1. The highest BCUT2D eigenvalue weighted by atomic mass is 19.3. The van der Waals surface area contributed by atoms with Gasteiger partial charge in [0.1, 0.15) is 17.7 Å². The van der Waals surface area contributed by atoms with Gasteiger partial charge in [0.15, 0.2) is 0 Å². The predicted octanol–water partition coefficient (Wildman–Crippen LogP) is 4.87. The Morgan fingerprint density at radius 2 is 2.04 bits per heavy atom. The van der Waals surface area contributed by atoms with Gasteiger partial charge in [-0.3, -0.25) is 4.79 Å². The minimum absolute atomic E-state index is 0.0689. The number of carbonyl (C=O) groups is 1. The van der Waals surface area contributed by atoms with Crippen LogP contribution < -0.4 is 5.32 Å². The summed E-state index contributed by atoms with van der Waals surface area (Å²) in [6, 6.07) is 4.36. The molecule has 1 aromatic carbocycles. The van der Waals surface area contributed by atoms with Crippen LogP contribution in [-0.4, -0.2) is 37.5 Å². The first-order chi connectivity index (χ1) is 13.4. The number of benzene rings is 1. The van der Waals surface area contributed by atoms with E-state index in [-0.39, 0.29) is 31.4 Å². The lowest BCUT2D eigenvalue weighted by Gasteiger charge is -2.42. The van der Waals surface area contributed by atoms with E-state index in [0.717, 1.165) is 5.57 Å². The summed E-state index contributed by atoms with van der Waals surface area (Å²) in [4.78, 5) is 10.7. The van der Waals surface area contributed by atoms with E-state index < -0.39 is 17.3 Å². The number of alkyl halides is 2. The molecule has 3 nitrogen and oxygen atoms in total. The molecule has 0 saturated carbocycles. The van der Waals surface area contributed by atoms with Crippen LogP contribution in [0.2, 0.25) is 0 Å². The van der Waals surface area contributed by atoms with Gasteiger partial charge >= 0.3 is 0 Å². The number of halogens is 3. The fourth-order valence-corrected chi connectivity index (χ4v) is 3.43. The molecule has 1 aliphatic heterocycles. The van der Waals surface area contributed by atoms with Gasteiger partial charge in [-0.2, -0.15) is 0 Å². The van der Waals surface area contributed by atoms with Crippen molar-refractivity contribution in [3.63, 3.8) is 0 Å². The van der Waals surface area contributed by atoms with Crippen LogP contribution >= 0.6 is 0 Å². The summed E-state index contributed by atoms with van der Waals surface area (Å²) in [6.45, 7) is 4.40. The molecule has 154 valence electrons. The molecule has 0 aromatic heterocycles. The van der Waals surface area contributed by atoms with Crippen LogP contribution in [0.15, 0.2) is 42.0 Å². The number of aldehydes is 1. The zero-order valence-electron chi connectivity index (χ0n) is 16.4. The molecule has 1 fully saturated rings. The van der Waals surface area contributed by atoms with Crippen molar-refractivity contribution in [3.8, 4) is 0 Å². The monoisotopic (exact) mass is 395 g/mol. The lowest BCUT2D eigenvalue weighted by atomic mass is 9.84. The number of rotatable bonds is 9. The molecule has 2 rings (SSSR count). The molecule has 0 radical (unpaired) electrons. The number of allylic oxidation sites excluding steroid dienone is 3. The lowest BCUT2D eigenvalue weighted by Crippen LogP contribution is -2.56. The van der Waals surface area contributed by atoms with Gasteiger partial charge in [0.2, 0.25) is 0 Å². The number of hydrogen-bond acceptors (Lipinski definition) is 3. The number of piperidine rings is 1. The summed E-state index contributed by atoms with van der Waals surface area (Å²) in [5.41, 5.74) is 0.153. The molecular weight excluding hydrogens is 367 g/mol. The third kappa shape index (κ3) is 5.32. The first-order valence-corrected chi connectivity index (χ1v) is 9.65. The highest BCUT2D eigenvalue weighted by Gasteiger charge is 2.53. The Labute approximate surface area is 164 Å². The van der Waals surface area contributed by atoms with E-state index in [1.807, 2.05) is 13.0 Å². The highest BCUT2D eigenvalue weighted by molar-refractivity contribution is 5.74. The Balaban J connectivity index is 2.00. The zero-order valence-corrected chi connectivity index (χ0v) is 16.4. The third-order valence-electron chi connectivity index (χ3n) is 5.29. The van der Waals surface area contributed by atoms with Gasteiger partial charge in [0, 0.05) is 12.0 Å². The van der Waals surface area contributed by atoms with E-state index in [1.54, 1.807) is 24.3 Å². The van der Waals surface area contributed by atoms with Crippen LogP contribution in [-0.2, 0) is 11.2 Å². The fraction of sp³-hybridized carbons (Fsp3) is 0.500. The smallest absolute Gasteiger partial charge is 0.276 e. The average molecular weight is 395 g/mol. The number of ether oxygens (including phenoxy) is 1. The summed E-state index contributed by atoms with van der Waals surface area (Å²) in [5, 5.41) is 3.10. The topological polar surface area (TPSA) is 38.3 Å². The molecule has 1 aliphatic rings. The average Bonchev–Trinajstić information content (AvgIpc) is 2.71. The van der Waals surface area contributed by atoms with E-state index in [0.29, 0.717) is 31.4 Å². The summed E-state index contributed by atoms with van der Waals surface area (Å²) in [5.74, 6) is -3.32. The molecule has 1 N–H and O–H groups in total. The van der Waals surface area contributed by atoms with Gasteiger partial charge < -0.3 is 10.1 Å². The predicted molar refractivity (Wildman–Crippen MR) is 104 cm³/mol. The molecule has 28 heavy (non-hydrogen) atoms. The van der Waals surface area contributed by atoms with Gasteiger partial charge in [-0.05, 0) is 56.5 Å². The quantitative estimate of drug-likeness (QED) is 0.479. The normalized spacial score (nSPS) is 17.8. The fourth-order valence-electron chi connectivity index (χ4n) is 3.43. The van der Waals surface area contributed by atoms with Gasteiger partial charge in [-0.1, -0.05) is 37.3 Å². The maximum atomic E-state index is 14.5. The second-order valence-corrected chi connectivity index (χ2v) is 7.02. The van der Waals surface area contributed by atoms with Crippen molar-refractivity contribution in [1.82, 2.24) is 5.32 Å². The first kappa shape index (κ1) is 22.4. The molecule has 1 aromatic rings. The molecule has 1 heterocycles.